The number of nitriles is 1. The SMILES string of the molecule is N#[C][Fe].[Cu].[Fe]. The van der Waals surface area contributed by atoms with Gasteiger partial charge in [0.05, 0.1) is 0 Å². The van der Waals surface area contributed by atoms with Gasteiger partial charge < -0.3 is 0 Å². The second kappa shape index (κ2) is 19.7. The van der Waals surface area contributed by atoms with Crippen molar-refractivity contribution in [2.45, 2.75) is 0 Å². The van der Waals surface area contributed by atoms with Gasteiger partial charge in [-0.15, -0.1) is 0 Å². The third-order valence-corrected chi connectivity index (χ3v) is 0. The van der Waals surface area contributed by atoms with E-state index in [4.69, 9.17) is 5.26 Å². The molecule has 5 heavy (non-hydrogen) atoms. The minimum atomic E-state index is 0. The van der Waals surface area contributed by atoms with E-state index >= 15 is 0 Å². The van der Waals surface area contributed by atoms with Gasteiger partial charge in [0.25, 0.3) is 0 Å². The Labute approximate surface area is 60.3 Å². The fraction of sp³-hybridized carbons (Fsp3) is 0. The van der Waals surface area contributed by atoms with Crippen LogP contribution < -0.4 is 0 Å². The van der Waals surface area contributed by atoms with Crippen LogP contribution in [0.25, 0.3) is 0 Å². The molecule has 0 amide bonds. The molecule has 0 spiro atoms. The molecule has 0 saturated heterocycles. The molecule has 4 heteroatoms. The maximum atomic E-state index is 7.21. The predicted molar refractivity (Wildman–Crippen MR) is 5.61 cm³/mol. The maximum Gasteiger partial charge on any atom is 0 e. The average molecular weight is 201 g/mol. The normalized spacial score (nSPS) is 1.60. The molecule has 0 aliphatic carbocycles. The van der Waals surface area contributed by atoms with Crippen LogP contribution >= 0.6 is 0 Å². The van der Waals surface area contributed by atoms with Crippen LogP contribution in [0.4, 0.5) is 0 Å². The fourth-order valence-corrected chi connectivity index (χ4v) is 0. The maximum absolute atomic E-state index is 7.21. The zero-order valence-electron chi connectivity index (χ0n) is 1.96. The molecule has 36 valence electrons. The summed E-state index contributed by atoms with van der Waals surface area (Å²) in [4.78, 5) is 1.50. The van der Waals surface area contributed by atoms with Crippen LogP contribution in [0, 0.1) is 10.2 Å². The van der Waals surface area contributed by atoms with E-state index in [0.29, 0.717) is 0 Å². The Morgan fingerprint density at radius 2 is 1.60 bits per heavy atom. The summed E-state index contributed by atoms with van der Waals surface area (Å²) in [5.74, 6) is 0. The van der Waals surface area contributed by atoms with Crippen molar-refractivity contribution in [1.29, 1.82) is 5.26 Å². The zero-order chi connectivity index (χ0) is 2.71. The summed E-state index contributed by atoms with van der Waals surface area (Å²) in [7, 11) is 0. The summed E-state index contributed by atoms with van der Waals surface area (Å²) in [5.41, 5.74) is 0. The Balaban J connectivity index is -0.0000000200. The van der Waals surface area contributed by atoms with Gasteiger partial charge in [-0.05, 0) is 0 Å². The smallest absolute Gasteiger partial charge is 0 e. The summed E-state index contributed by atoms with van der Waals surface area (Å²) >= 11 is 2.79. The molecule has 0 aliphatic rings. The van der Waals surface area contributed by atoms with E-state index in [-0.39, 0.29) is 34.1 Å². The Kier molecular flexibility index (Phi) is 65.4. The Morgan fingerprint density at radius 1 is 1.60 bits per heavy atom. The topological polar surface area (TPSA) is 23.8 Å². The molecule has 0 atom stereocenters. The first-order chi connectivity index (χ1) is 1.41. The van der Waals surface area contributed by atoms with Crippen molar-refractivity contribution in [2.75, 3.05) is 0 Å². The third-order valence-electron chi connectivity index (χ3n) is 0. The molecule has 0 saturated carbocycles. The van der Waals surface area contributed by atoms with Crippen LogP contribution in [0.3, 0.4) is 0 Å². The minimum absolute atomic E-state index is 0. The molecular weight excluding hydrogens is 201 g/mol. The second-order valence-electron chi connectivity index (χ2n) is 0.0791. The van der Waals surface area contributed by atoms with Gasteiger partial charge in [-0.3, -0.25) is 0 Å². The van der Waals surface area contributed by atoms with Crippen molar-refractivity contribution < 1.29 is 50.2 Å². The van der Waals surface area contributed by atoms with Crippen molar-refractivity contribution in [3.63, 3.8) is 0 Å². The first-order valence-electron chi connectivity index (χ1n) is 0.400. The Bertz CT molecular complexity index is 31.1. The van der Waals surface area contributed by atoms with Crippen molar-refractivity contribution in [3.05, 3.63) is 0 Å². The van der Waals surface area contributed by atoms with E-state index in [9.17, 15) is 0 Å². The Morgan fingerprint density at radius 3 is 1.60 bits per heavy atom. The van der Waals surface area contributed by atoms with E-state index in [1.807, 2.05) is 0 Å². The molecule has 0 aromatic carbocycles. The average Bonchev–Trinajstić information content (AvgIpc) is 0.918. The van der Waals surface area contributed by atoms with E-state index in [2.05, 4.69) is 16.0 Å². The molecule has 0 bridgehead atoms. The van der Waals surface area contributed by atoms with Crippen molar-refractivity contribution in [2.24, 2.45) is 0 Å². The van der Waals surface area contributed by atoms with Crippen LogP contribution in [0.1, 0.15) is 0 Å². The molecule has 0 aromatic heterocycles. The first kappa shape index (κ1) is 16.6. The third kappa shape index (κ3) is 42.7. The van der Waals surface area contributed by atoms with E-state index in [0.717, 1.165) is 0 Å². The summed E-state index contributed by atoms with van der Waals surface area (Å²) in [5, 5.41) is 7.21. The van der Waals surface area contributed by atoms with Crippen LogP contribution in [0.15, 0.2) is 0 Å². The molecule has 1 radical (unpaired) electrons. The molecule has 0 fully saturated rings. The first-order valence-corrected chi connectivity index (χ1v) is 0.952. The molecule has 0 N–H and O–H groups in total. The molecule has 0 aromatic rings. The summed E-state index contributed by atoms with van der Waals surface area (Å²) in [6, 6.07) is 0. The van der Waals surface area contributed by atoms with Crippen molar-refractivity contribution >= 4 is 0 Å². The minimum Gasteiger partial charge on any atom is 0 e. The largest absolute Gasteiger partial charge is 0 e. The summed E-state index contributed by atoms with van der Waals surface area (Å²) in [6.07, 6.45) is 0. The predicted octanol–water partition coefficient (Wildman–Crippen LogP) is 0.00928. The molecule has 0 unspecified atom stereocenters. The summed E-state index contributed by atoms with van der Waals surface area (Å²) in [6.45, 7) is 0. The van der Waals surface area contributed by atoms with Gasteiger partial charge in [0.1, 0.15) is 0 Å². The van der Waals surface area contributed by atoms with E-state index in [1.54, 1.807) is 0 Å². The van der Waals surface area contributed by atoms with Crippen LogP contribution in [0.5, 0.6) is 0 Å². The fourth-order valence-electron chi connectivity index (χ4n) is 0. The van der Waals surface area contributed by atoms with Gasteiger partial charge in [0.15, 0.2) is 0 Å². The summed E-state index contributed by atoms with van der Waals surface area (Å²) < 4.78 is 0. The number of rotatable bonds is 0. The van der Waals surface area contributed by atoms with Crippen LogP contribution in [0.2, 0.25) is 0 Å². The number of hydrogen-bond acceptors (Lipinski definition) is 1. The molecule has 0 rings (SSSR count). The van der Waals surface area contributed by atoms with Gasteiger partial charge in [0.2, 0.25) is 0 Å². The van der Waals surface area contributed by atoms with Gasteiger partial charge in [-0.1, -0.05) is 0 Å². The standard InChI is InChI=1S/CN.Cu.2Fe/c1-2;;;. The monoisotopic (exact) mass is 201 g/mol. The van der Waals surface area contributed by atoms with Gasteiger partial charge >= 0.3 is 26.2 Å². The van der Waals surface area contributed by atoms with Crippen LogP contribution in [-0.2, 0) is 50.2 Å². The van der Waals surface area contributed by atoms with Crippen molar-refractivity contribution in [3.8, 4) is 4.97 Å². The quantitative estimate of drug-likeness (QED) is 0.506. The van der Waals surface area contributed by atoms with E-state index < -0.39 is 0 Å². The van der Waals surface area contributed by atoms with Gasteiger partial charge in [0, 0.05) is 34.1 Å². The molecule has 1 nitrogen and oxygen atoms in total. The zero-order valence-corrected chi connectivity index (χ0v) is 5.11. The van der Waals surface area contributed by atoms with Gasteiger partial charge in [-0.2, -0.15) is 0 Å². The van der Waals surface area contributed by atoms with E-state index in [1.165, 1.54) is 4.97 Å². The second-order valence-corrected chi connectivity index (χ2v) is 0.326. The molecule has 0 heterocycles. The Hall–Kier alpha value is 1.05. The number of hydrogen-bond donors (Lipinski definition) is 0. The molecule has 0 aliphatic heterocycles. The van der Waals surface area contributed by atoms with Crippen LogP contribution in [-0.4, -0.2) is 0 Å². The van der Waals surface area contributed by atoms with Gasteiger partial charge in [-0.25, -0.2) is 0 Å². The number of nitrogens with zero attached hydrogens (tertiary/aromatic N) is 1. The molecular formula is CCuFe2N. The van der Waals surface area contributed by atoms with Crippen molar-refractivity contribution in [1.82, 2.24) is 0 Å².